The number of nitrogens with one attached hydrogen (secondary N) is 1. The molecule has 4 rings (SSSR count). The SMILES string of the molecule is Fc1ccc(-c2nc3n(c2-c2ccncc2)CCNC3)cc1. The molecule has 0 radical (unpaired) electrons. The third kappa shape index (κ3) is 2.19. The smallest absolute Gasteiger partial charge is 0.123 e. The average molecular weight is 294 g/mol. The van der Waals surface area contributed by atoms with Crippen molar-refractivity contribution < 1.29 is 4.39 Å². The van der Waals surface area contributed by atoms with Gasteiger partial charge in [0, 0.05) is 36.6 Å². The summed E-state index contributed by atoms with van der Waals surface area (Å²) < 4.78 is 15.4. The molecule has 5 heteroatoms. The molecule has 1 N–H and O–H groups in total. The van der Waals surface area contributed by atoms with Crippen LogP contribution in [0.5, 0.6) is 0 Å². The summed E-state index contributed by atoms with van der Waals surface area (Å²) in [5.41, 5.74) is 3.97. The molecule has 3 aromatic rings. The van der Waals surface area contributed by atoms with Crippen LogP contribution in [0.4, 0.5) is 4.39 Å². The molecule has 1 aliphatic rings. The lowest BCUT2D eigenvalue weighted by molar-refractivity contribution is 0.508. The normalized spacial score (nSPS) is 13.9. The number of imidazole rings is 1. The molecule has 22 heavy (non-hydrogen) atoms. The third-order valence-corrected chi connectivity index (χ3v) is 3.91. The van der Waals surface area contributed by atoms with Gasteiger partial charge in [-0.05, 0) is 36.4 Å². The van der Waals surface area contributed by atoms with Crippen molar-refractivity contribution >= 4 is 0 Å². The van der Waals surface area contributed by atoms with Crippen LogP contribution in [-0.2, 0) is 13.1 Å². The molecule has 4 nitrogen and oxygen atoms in total. The minimum atomic E-state index is -0.236. The monoisotopic (exact) mass is 294 g/mol. The molecule has 0 bridgehead atoms. The number of pyridine rings is 1. The number of aromatic nitrogens is 3. The summed E-state index contributed by atoms with van der Waals surface area (Å²) in [5, 5.41) is 3.34. The maximum Gasteiger partial charge on any atom is 0.123 e. The minimum Gasteiger partial charge on any atom is -0.325 e. The molecular weight excluding hydrogens is 279 g/mol. The number of nitrogens with zero attached hydrogens (tertiary/aromatic N) is 3. The zero-order chi connectivity index (χ0) is 14.9. The van der Waals surface area contributed by atoms with E-state index in [1.54, 1.807) is 24.5 Å². The van der Waals surface area contributed by atoms with Gasteiger partial charge in [0.25, 0.3) is 0 Å². The molecule has 1 aliphatic heterocycles. The summed E-state index contributed by atoms with van der Waals surface area (Å²) >= 11 is 0. The number of hydrogen-bond acceptors (Lipinski definition) is 3. The van der Waals surface area contributed by atoms with Gasteiger partial charge in [-0.25, -0.2) is 9.37 Å². The molecule has 2 aromatic heterocycles. The Hall–Kier alpha value is -2.53. The van der Waals surface area contributed by atoms with Gasteiger partial charge in [-0.15, -0.1) is 0 Å². The Morgan fingerprint density at radius 3 is 2.55 bits per heavy atom. The molecule has 110 valence electrons. The van der Waals surface area contributed by atoms with Gasteiger partial charge in [-0.2, -0.15) is 0 Å². The average Bonchev–Trinajstić information content (AvgIpc) is 2.96. The van der Waals surface area contributed by atoms with E-state index in [1.165, 1.54) is 12.1 Å². The highest BCUT2D eigenvalue weighted by Crippen LogP contribution is 2.33. The number of benzene rings is 1. The second kappa shape index (κ2) is 5.35. The molecule has 0 spiro atoms. The van der Waals surface area contributed by atoms with Crippen LogP contribution in [0.3, 0.4) is 0 Å². The van der Waals surface area contributed by atoms with Gasteiger partial charge in [0.2, 0.25) is 0 Å². The fourth-order valence-corrected chi connectivity index (χ4v) is 2.88. The van der Waals surface area contributed by atoms with E-state index in [0.717, 1.165) is 48.0 Å². The van der Waals surface area contributed by atoms with Crippen molar-refractivity contribution in [2.45, 2.75) is 13.1 Å². The van der Waals surface area contributed by atoms with Crippen molar-refractivity contribution in [1.82, 2.24) is 19.9 Å². The van der Waals surface area contributed by atoms with E-state index in [0.29, 0.717) is 0 Å². The minimum absolute atomic E-state index is 0.236. The highest BCUT2D eigenvalue weighted by atomic mass is 19.1. The van der Waals surface area contributed by atoms with E-state index in [-0.39, 0.29) is 5.82 Å². The highest BCUT2D eigenvalue weighted by Gasteiger charge is 2.21. The van der Waals surface area contributed by atoms with Crippen LogP contribution in [0.25, 0.3) is 22.5 Å². The van der Waals surface area contributed by atoms with Crippen LogP contribution in [0.15, 0.2) is 48.8 Å². The van der Waals surface area contributed by atoms with Crippen molar-refractivity contribution in [3.05, 3.63) is 60.4 Å². The molecule has 3 heterocycles. The van der Waals surface area contributed by atoms with Gasteiger partial charge < -0.3 is 9.88 Å². The number of halogens is 1. The Labute approximate surface area is 127 Å². The largest absolute Gasteiger partial charge is 0.325 e. The maximum atomic E-state index is 13.2. The van der Waals surface area contributed by atoms with Crippen LogP contribution in [0.2, 0.25) is 0 Å². The van der Waals surface area contributed by atoms with E-state index >= 15 is 0 Å². The summed E-state index contributed by atoms with van der Waals surface area (Å²) in [4.78, 5) is 8.87. The summed E-state index contributed by atoms with van der Waals surface area (Å²) in [6.07, 6.45) is 3.57. The second-order valence-electron chi connectivity index (χ2n) is 5.30. The molecule has 0 saturated heterocycles. The maximum absolute atomic E-state index is 13.2. The number of hydrogen-bond donors (Lipinski definition) is 1. The number of fused-ring (bicyclic) bond motifs is 1. The van der Waals surface area contributed by atoms with Gasteiger partial charge >= 0.3 is 0 Å². The molecule has 0 aliphatic carbocycles. The van der Waals surface area contributed by atoms with E-state index in [4.69, 9.17) is 4.98 Å². The lowest BCUT2D eigenvalue weighted by atomic mass is 10.1. The first kappa shape index (κ1) is 13.2. The Morgan fingerprint density at radius 1 is 1.00 bits per heavy atom. The van der Waals surface area contributed by atoms with Crippen molar-refractivity contribution in [2.24, 2.45) is 0 Å². The molecule has 0 saturated carbocycles. The lowest BCUT2D eigenvalue weighted by Gasteiger charge is -2.17. The predicted molar refractivity (Wildman–Crippen MR) is 82.6 cm³/mol. The van der Waals surface area contributed by atoms with Crippen LogP contribution in [0.1, 0.15) is 5.82 Å². The van der Waals surface area contributed by atoms with Crippen molar-refractivity contribution in [2.75, 3.05) is 6.54 Å². The van der Waals surface area contributed by atoms with Gasteiger partial charge in [0.15, 0.2) is 0 Å². The van der Waals surface area contributed by atoms with Crippen molar-refractivity contribution in [3.63, 3.8) is 0 Å². The summed E-state index contributed by atoms with van der Waals surface area (Å²) in [6.45, 7) is 2.55. The standard InChI is InChI=1S/C17H15FN4/c18-14-3-1-12(2-4-14)16-17(13-5-7-19-8-6-13)22-10-9-20-11-15(22)21-16/h1-8,20H,9-11H2. The highest BCUT2D eigenvalue weighted by molar-refractivity contribution is 5.79. The van der Waals surface area contributed by atoms with E-state index < -0.39 is 0 Å². The molecule has 1 aromatic carbocycles. The van der Waals surface area contributed by atoms with E-state index in [9.17, 15) is 4.39 Å². The van der Waals surface area contributed by atoms with Gasteiger partial charge in [-0.1, -0.05) is 0 Å². The van der Waals surface area contributed by atoms with E-state index in [2.05, 4.69) is 14.9 Å². The first-order valence-corrected chi connectivity index (χ1v) is 7.29. The molecule has 0 atom stereocenters. The molecule has 0 amide bonds. The zero-order valence-corrected chi connectivity index (χ0v) is 12.0. The summed E-state index contributed by atoms with van der Waals surface area (Å²) in [7, 11) is 0. The van der Waals surface area contributed by atoms with Gasteiger partial charge in [0.05, 0.1) is 17.9 Å². The summed E-state index contributed by atoms with van der Waals surface area (Å²) in [6, 6.07) is 10.5. The fourth-order valence-electron chi connectivity index (χ4n) is 2.88. The lowest BCUT2D eigenvalue weighted by Crippen LogP contribution is -2.28. The third-order valence-electron chi connectivity index (χ3n) is 3.91. The second-order valence-corrected chi connectivity index (χ2v) is 5.30. The quantitative estimate of drug-likeness (QED) is 0.790. The Morgan fingerprint density at radius 2 is 1.77 bits per heavy atom. The van der Waals surface area contributed by atoms with Crippen LogP contribution < -0.4 is 5.32 Å². The number of rotatable bonds is 2. The van der Waals surface area contributed by atoms with Crippen LogP contribution in [-0.4, -0.2) is 21.1 Å². The molecule has 0 unspecified atom stereocenters. The van der Waals surface area contributed by atoms with Crippen LogP contribution >= 0.6 is 0 Å². The Balaban J connectivity index is 1.94. The Bertz CT molecular complexity index is 794. The van der Waals surface area contributed by atoms with Crippen LogP contribution in [0, 0.1) is 5.82 Å². The van der Waals surface area contributed by atoms with Gasteiger partial charge in [-0.3, -0.25) is 4.98 Å². The van der Waals surface area contributed by atoms with E-state index in [1.807, 2.05) is 12.1 Å². The van der Waals surface area contributed by atoms with Crippen molar-refractivity contribution in [3.8, 4) is 22.5 Å². The topological polar surface area (TPSA) is 42.7 Å². The van der Waals surface area contributed by atoms with Crippen molar-refractivity contribution in [1.29, 1.82) is 0 Å². The zero-order valence-electron chi connectivity index (χ0n) is 12.0. The molecular formula is C17H15FN4. The molecule has 0 fully saturated rings. The first-order chi connectivity index (χ1) is 10.8. The predicted octanol–water partition coefficient (Wildman–Crippen LogP) is 2.85. The van der Waals surface area contributed by atoms with Gasteiger partial charge in [0.1, 0.15) is 11.6 Å². The Kier molecular flexibility index (Phi) is 3.20. The first-order valence-electron chi connectivity index (χ1n) is 7.29. The summed E-state index contributed by atoms with van der Waals surface area (Å²) in [5.74, 6) is 0.775. The fraction of sp³-hybridized carbons (Fsp3) is 0.176.